The molecule has 1 atom stereocenters. The summed E-state index contributed by atoms with van der Waals surface area (Å²) in [6, 6.07) is 0. The van der Waals surface area contributed by atoms with Crippen LogP contribution >= 0.6 is 0 Å². The molecule has 10 heteroatoms. The van der Waals surface area contributed by atoms with Crippen molar-refractivity contribution in [1.82, 2.24) is 10.6 Å². The van der Waals surface area contributed by atoms with Gasteiger partial charge in [-0.05, 0) is 12.8 Å². The number of guanidine groups is 1. The molecule has 0 heterocycles. The van der Waals surface area contributed by atoms with Gasteiger partial charge < -0.3 is 32.3 Å². The summed E-state index contributed by atoms with van der Waals surface area (Å²) in [4.78, 5) is 37.2. The van der Waals surface area contributed by atoms with Crippen LogP contribution in [0.3, 0.4) is 0 Å². The SMILES string of the molecule is NC(N)=NCCCCCCC(=O)NC[C@@H](O)CC(=O)NCCC(=O)O. The molecule has 0 aromatic carbocycles. The van der Waals surface area contributed by atoms with Crippen LogP contribution in [-0.4, -0.2) is 59.7 Å². The minimum absolute atomic E-state index is 0.0103. The van der Waals surface area contributed by atoms with E-state index in [1.54, 1.807) is 0 Å². The summed E-state index contributed by atoms with van der Waals surface area (Å²) in [6.07, 6.45) is 2.35. The number of hydrogen-bond donors (Lipinski definition) is 6. The summed E-state index contributed by atoms with van der Waals surface area (Å²) in [7, 11) is 0. The Morgan fingerprint density at radius 1 is 0.960 bits per heavy atom. The van der Waals surface area contributed by atoms with Crippen molar-refractivity contribution in [3.05, 3.63) is 0 Å². The second-order valence-corrected chi connectivity index (χ2v) is 5.63. The average molecular weight is 359 g/mol. The van der Waals surface area contributed by atoms with Gasteiger partial charge in [-0.1, -0.05) is 12.8 Å². The zero-order valence-corrected chi connectivity index (χ0v) is 14.4. The highest BCUT2D eigenvalue weighted by molar-refractivity contribution is 5.78. The number of rotatable bonds is 14. The predicted molar refractivity (Wildman–Crippen MR) is 92.7 cm³/mol. The van der Waals surface area contributed by atoms with E-state index in [0.717, 1.165) is 25.7 Å². The Morgan fingerprint density at radius 2 is 1.64 bits per heavy atom. The second-order valence-electron chi connectivity index (χ2n) is 5.63. The fraction of sp³-hybridized carbons (Fsp3) is 0.733. The van der Waals surface area contributed by atoms with Crippen molar-refractivity contribution in [3.63, 3.8) is 0 Å². The highest BCUT2D eigenvalue weighted by Crippen LogP contribution is 2.03. The molecule has 0 aromatic heterocycles. The number of aliphatic carboxylic acids is 1. The minimum atomic E-state index is -1.01. The molecule has 0 aliphatic rings. The third-order valence-electron chi connectivity index (χ3n) is 3.22. The number of hydrogen-bond acceptors (Lipinski definition) is 5. The number of carboxylic acid groups (broad SMARTS) is 1. The largest absolute Gasteiger partial charge is 0.481 e. The molecular formula is C15H29N5O5. The maximum absolute atomic E-state index is 11.6. The number of aliphatic imine (C=N–C) groups is 1. The summed E-state index contributed by atoms with van der Waals surface area (Å²) >= 11 is 0. The molecule has 0 bridgehead atoms. The normalized spacial score (nSPS) is 11.4. The van der Waals surface area contributed by atoms with E-state index in [-0.39, 0.29) is 37.8 Å². The first kappa shape index (κ1) is 22.6. The molecule has 0 aliphatic heterocycles. The van der Waals surface area contributed by atoms with E-state index < -0.39 is 18.0 Å². The highest BCUT2D eigenvalue weighted by Gasteiger charge is 2.12. The fourth-order valence-electron chi connectivity index (χ4n) is 1.95. The molecule has 0 rings (SSSR count). The van der Waals surface area contributed by atoms with Gasteiger partial charge in [-0.2, -0.15) is 0 Å². The van der Waals surface area contributed by atoms with E-state index in [1.807, 2.05) is 0 Å². The third kappa shape index (κ3) is 16.3. The van der Waals surface area contributed by atoms with E-state index in [4.69, 9.17) is 16.6 Å². The van der Waals surface area contributed by atoms with E-state index in [0.29, 0.717) is 13.0 Å². The maximum atomic E-state index is 11.6. The Labute approximate surface area is 147 Å². The topological polar surface area (TPSA) is 180 Å². The van der Waals surface area contributed by atoms with E-state index in [9.17, 15) is 19.5 Å². The molecular weight excluding hydrogens is 330 g/mol. The summed E-state index contributed by atoms with van der Waals surface area (Å²) < 4.78 is 0. The number of aliphatic hydroxyl groups is 1. The number of aliphatic hydroxyl groups excluding tert-OH is 1. The first-order valence-electron chi connectivity index (χ1n) is 8.30. The zero-order chi connectivity index (χ0) is 19.1. The Morgan fingerprint density at radius 3 is 2.28 bits per heavy atom. The van der Waals surface area contributed by atoms with Crippen LogP contribution in [0.5, 0.6) is 0 Å². The molecule has 0 unspecified atom stereocenters. The lowest BCUT2D eigenvalue weighted by Crippen LogP contribution is -2.36. The molecule has 0 aliphatic carbocycles. The van der Waals surface area contributed by atoms with Crippen LogP contribution in [0, 0.1) is 0 Å². The molecule has 0 saturated carbocycles. The van der Waals surface area contributed by atoms with Gasteiger partial charge in [-0.25, -0.2) is 0 Å². The highest BCUT2D eigenvalue weighted by atomic mass is 16.4. The van der Waals surface area contributed by atoms with Crippen molar-refractivity contribution in [1.29, 1.82) is 0 Å². The summed E-state index contributed by atoms with van der Waals surface area (Å²) in [5.41, 5.74) is 10.4. The Balaban J connectivity index is 3.62. The smallest absolute Gasteiger partial charge is 0.305 e. The van der Waals surface area contributed by atoms with Crippen molar-refractivity contribution >= 4 is 23.7 Å². The van der Waals surface area contributed by atoms with Gasteiger partial charge in [0.2, 0.25) is 11.8 Å². The maximum Gasteiger partial charge on any atom is 0.305 e. The Kier molecular flexibility index (Phi) is 12.7. The number of carbonyl (C=O) groups is 3. The summed E-state index contributed by atoms with van der Waals surface area (Å²) in [5, 5.41) is 23.1. The monoisotopic (exact) mass is 359 g/mol. The van der Waals surface area contributed by atoms with Crippen LogP contribution in [0.1, 0.15) is 44.9 Å². The van der Waals surface area contributed by atoms with Crippen molar-refractivity contribution in [3.8, 4) is 0 Å². The summed E-state index contributed by atoms with van der Waals surface area (Å²) in [5.74, 6) is -1.57. The molecule has 10 nitrogen and oxygen atoms in total. The first-order valence-corrected chi connectivity index (χ1v) is 8.30. The van der Waals surface area contributed by atoms with E-state index in [1.165, 1.54) is 0 Å². The minimum Gasteiger partial charge on any atom is -0.481 e. The molecule has 2 amide bonds. The number of nitrogens with one attached hydrogen (secondary N) is 2. The zero-order valence-electron chi connectivity index (χ0n) is 14.4. The number of carboxylic acids is 1. The van der Waals surface area contributed by atoms with Gasteiger partial charge in [-0.3, -0.25) is 19.4 Å². The predicted octanol–water partition coefficient (Wildman–Crippen LogP) is -1.33. The second kappa shape index (κ2) is 14.0. The van der Waals surface area contributed by atoms with Crippen LogP contribution in [-0.2, 0) is 14.4 Å². The van der Waals surface area contributed by atoms with Gasteiger partial charge in [0.25, 0.3) is 0 Å². The van der Waals surface area contributed by atoms with Gasteiger partial charge in [0.05, 0.1) is 18.9 Å². The number of nitrogens with two attached hydrogens (primary N) is 2. The van der Waals surface area contributed by atoms with Crippen molar-refractivity contribution < 1.29 is 24.6 Å². The van der Waals surface area contributed by atoms with Gasteiger partial charge >= 0.3 is 5.97 Å². The van der Waals surface area contributed by atoms with Crippen LogP contribution in [0.15, 0.2) is 4.99 Å². The lowest BCUT2D eigenvalue weighted by Gasteiger charge is -2.12. The molecule has 0 aromatic rings. The van der Waals surface area contributed by atoms with E-state index in [2.05, 4.69) is 15.6 Å². The van der Waals surface area contributed by atoms with Crippen molar-refractivity contribution in [2.75, 3.05) is 19.6 Å². The third-order valence-corrected chi connectivity index (χ3v) is 3.22. The molecule has 25 heavy (non-hydrogen) atoms. The average Bonchev–Trinajstić information content (AvgIpc) is 2.51. The van der Waals surface area contributed by atoms with Gasteiger partial charge in [0.1, 0.15) is 0 Å². The van der Waals surface area contributed by atoms with Gasteiger partial charge in [-0.15, -0.1) is 0 Å². The molecule has 0 fully saturated rings. The first-order chi connectivity index (χ1) is 11.8. The summed E-state index contributed by atoms with van der Waals surface area (Å²) in [6.45, 7) is 0.571. The molecule has 0 saturated heterocycles. The lowest BCUT2D eigenvalue weighted by molar-refractivity contribution is -0.137. The Bertz CT molecular complexity index is 452. The number of unbranched alkanes of at least 4 members (excludes halogenated alkanes) is 3. The van der Waals surface area contributed by atoms with Crippen molar-refractivity contribution in [2.24, 2.45) is 16.5 Å². The molecule has 8 N–H and O–H groups in total. The Hall–Kier alpha value is -2.36. The van der Waals surface area contributed by atoms with Crippen LogP contribution in [0.2, 0.25) is 0 Å². The van der Waals surface area contributed by atoms with E-state index >= 15 is 0 Å². The van der Waals surface area contributed by atoms with Gasteiger partial charge in [0, 0.05) is 26.1 Å². The number of nitrogens with zero attached hydrogens (tertiary/aromatic N) is 1. The quantitative estimate of drug-likeness (QED) is 0.126. The number of amides is 2. The molecule has 0 radical (unpaired) electrons. The van der Waals surface area contributed by atoms with Crippen molar-refractivity contribution in [2.45, 2.75) is 51.0 Å². The van der Waals surface area contributed by atoms with Crippen LogP contribution < -0.4 is 22.1 Å². The number of carbonyl (C=O) groups excluding carboxylic acids is 2. The lowest BCUT2D eigenvalue weighted by atomic mass is 10.1. The standard InChI is InChI=1S/C15H29N5O5/c16-15(17)19-7-4-2-1-3-5-12(22)20-10-11(21)9-13(23)18-8-6-14(24)25/h11,21H,1-10H2,(H,18,23)(H,20,22)(H,24,25)(H4,16,17,19)/t11-/m0/s1. The van der Waals surface area contributed by atoms with Gasteiger partial charge in [0.15, 0.2) is 5.96 Å². The molecule has 144 valence electrons. The molecule has 0 spiro atoms. The fourth-order valence-corrected chi connectivity index (χ4v) is 1.95. The van der Waals surface area contributed by atoms with Crippen LogP contribution in [0.4, 0.5) is 0 Å². The van der Waals surface area contributed by atoms with Crippen LogP contribution in [0.25, 0.3) is 0 Å².